The van der Waals surface area contributed by atoms with Crippen LogP contribution in [0, 0.1) is 0 Å². The minimum absolute atomic E-state index is 0.219. The third kappa shape index (κ3) is 2.72. The second-order valence-corrected chi connectivity index (χ2v) is 5.19. The summed E-state index contributed by atoms with van der Waals surface area (Å²) in [6, 6.07) is 0. The number of thioether (sulfide) groups is 1. The number of nitrogens with zero attached hydrogens (tertiary/aromatic N) is 4. The summed E-state index contributed by atoms with van der Waals surface area (Å²) in [5, 5.41) is 22.3. The van der Waals surface area contributed by atoms with Gasteiger partial charge in [0.15, 0.2) is 0 Å². The molecule has 2 rings (SSSR count). The van der Waals surface area contributed by atoms with E-state index in [1.165, 1.54) is 6.42 Å². The van der Waals surface area contributed by atoms with Crippen LogP contribution in [-0.4, -0.2) is 43.2 Å². The van der Waals surface area contributed by atoms with Crippen LogP contribution in [0.2, 0.25) is 0 Å². The van der Waals surface area contributed by atoms with Gasteiger partial charge in [0.2, 0.25) is 5.16 Å². The number of hydrogen-bond acceptors (Lipinski definition) is 6. The third-order valence-electron chi connectivity index (χ3n) is 2.76. The molecule has 1 fully saturated rings. The Hall–Kier alpha value is -0.660. The van der Waals surface area contributed by atoms with Crippen LogP contribution in [0.15, 0.2) is 5.16 Å². The van der Waals surface area contributed by atoms with E-state index >= 15 is 0 Å². The maximum Gasteiger partial charge on any atom is 0.209 e. The Balaban J connectivity index is 1.99. The molecule has 1 heterocycles. The van der Waals surface area contributed by atoms with Crippen molar-refractivity contribution >= 4 is 11.8 Å². The molecule has 0 aromatic carbocycles. The number of aliphatic hydroxyl groups is 1. The highest BCUT2D eigenvalue weighted by Crippen LogP contribution is 2.32. The van der Waals surface area contributed by atoms with E-state index in [1.54, 1.807) is 16.4 Å². The molecule has 1 saturated carbocycles. The number of tetrazole rings is 1. The lowest BCUT2D eigenvalue weighted by Crippen LogP contribution is -2.27. The standard InChI is InChI=1S/C9H17N5OS/c10-5-6-14-9(11-12-13-14)16-8-4-2-1-3-7(8)15/h7-8,15H,1-6,10H2. The Bertz CT molecular complexity index is 331. The number of aromatic nitrogens is 4. The van der Waals surface area contributed by atoms with Crippen molar-refractivity contribution in [2.45, 2.75) is 48.7 Å². The predicted molar refractivity (Wildman–Crippen MR) is 61.0 cm³/mol. The van der Waals surface area contributed by atoms with Crippen LogP contribution >= 0.6 is 11.8 Å². The molecule has 7 heteroatoms. The van der Waals surface area contributed by atoms with E-state index in [4.69, 9.17) is 5.73 Å². The molecule has 0 amide bonds. The average Bonchev–Trinajstić information content (AvgIpc) is 2.70. The lowest BCUT2D eigenvalue weighted by molar-refractivity contribution is 0.136. The lowest BCUT2D eigenvalue weighted by Gasteiger charge is -2.26. The molecule has 90 valence electrons. The lowest BCUT2D eigenvalue weighted by atomic mass is 9.97. The van der Waals surface area contributed by atoms with Crippen molar-refractivity contribution in [2.24, 2.45) is 5.73 Å². The first-order chi connectivity index (χ1) is 7.81. The van der Waals surface area contributed by atoms with Crippen LogP contribution < -0.4 is 5.73 Å². The van der Waals surface area contributed by atoms with E-state index in [0.717, 1.165) is 24.4 Å². The molecule has 0 radical (unpaired) electrons. The van der Waals surface area contributed by atoms with Crippen molar-refractivity contribution in [2.75, 3.05) is 6.54 Å². The average molecular weight is 243 g/mol. The Morgan fingerprint density at radius 1 is 1.44 bits per heavy atom. The van der Waals surface area contributed by atoms with Gasteiger partial charge in [-0.05, 0) is 23.3 Å². The molecular formula is C9H17N5OS. The monoisotopic (exact) mass is 243 g/mol. The Morgan fingerprint density at radius 2 is 2.25 bits per heavy atom. The minimum atomic E-state index is -0.234. The van der Waals surface area contributed by atoms with E-state index in [0.29, 0.717) is 13.1 Å². The minimum Gasteiger partial charge on any atom is -0.392 e. The quantitative estimate of drug-likeness (QED) is 0.775. The molecule has 0 bridgehead atoms. The largest absolute Gasteiger partial charge is 0.392 e. The molecular weight excluding hydrogens is 226 g/mol. The number of hydrogen-bond donors (Lipinski definition) is 2. The highest BCUT2D eigenvalue weighted by atomic mass is 32.2. The van der Waals surface area contributed by atoms with Crippen LogP contribution in [0.4, 0.5) is 0 Å². The molecule has 1 aromatic heterocycles. The van der Waals surface area contributed by atoms with Crippen LogP contribution in [0.1, 0.15) is 25.7 Å². The maximum atomic E-state index is 9.87. The predicted octanol–water partition coefficient (Wildman–Crippen LogP) is 0.0274. The molecule has 0 saturated heterocycles. The first-order valence-electron chi connectivity index (χ1n) is 5.62. The smallest absolute Gasteiger partial charge is 0.209 e. The molecule has 1 aliphatic rings. The van der Waals surface area contributed by atoms with Crippen molar-refractivity contribution < 1.29 is 5.11 Å². The molecule has 6 nitrogen and oxygen atoms in total. The van der Waals surface area contributed by atoms with Gasteiger partial charge < -0.3 is 10.8 Å². The highest BCUT2D eigenvalue weighted by Gasteiger charge is 2.25. The molecule has 16 heavy (non-hydrogen) atoms. The normalized spacial score (nSPS) is 25.9. The van der Waals surface area contributed by atoms with E-state index in [2.05, 4.69) is 15.5 Å². The SMILES string of the molecule is NCCn1nnnc1SC1CCCCC1O. The topological polar surface area (TPSA) is 89.9 Å². The summed E-state index contributed by atoms with van der Waals surface area (Å²) in [7, 11) is 0. The highest BCUT2D eigenvalue weighted by molar-refractivity contribution is 7.99. The molecule has 0 aliphatic heterocycles. The molecule has 2 atom stereocenters. The fourth-order valence-corrected chi connectivity index (χ4v) is 3.08. The fourth-order valence-electron chi connectivity index (χ4n) is 1.89. The molecule has 1 aromatic rings. The van der Waals surface area contributed by atoms with Crippen molar-refractivity contribution in [3.63, 3.8) is 0 Å². The second kappa shape index (κ2) is 5.60. The van der Waals surface area contributed by atoms with Gasteiger partial charge in [-0.3, -0.25) is 0 Å². The van der Waals surface area contributed by atoms with Crippen molar-refractivity contribution in [3.05, 3.63) is 0 Å². The van der Waals surface area contributed by atoms with Crippen LogP contribution in [0.5, 0.6) is 0 Å². The number of rotatable bonds is 4. The number of aliphatic hydroxyl groups excluding tert-OH is 1. The van der Waals surface area contributed by atoms with Gasteiger partial charge in [-0.15, -0.1) is 5.10 Å². The Morgan fingerprint density at radius 3 is 3.00 bits per heavy atom. The van der Waals surface area contributed by atoms with Crippen LogP contribution in [-0.2, 0) is 6.54 Å². The Labute approximate surface area is 98.6 Å². The summed E-state index contributed by atoms with van der Waals surface area (Å²) in [5.74, 6) is 0. The van der Waals surface area contributed by atoms with Crippen LogP contribution in [0.25, 0.3) is 0 Å². The first-order valence-corrected chi connectivity index (χ1v) is 6.50. The van der Waals surface area contributed by atoms with Crippen molar-refractivity contribution in [1.82, 2.24) is 20.2 Å². The van der Waals surface area contributed by atoms with Gasteiger partial charge in [0.1, 0.15) is 0 Å². The summed E-state index contributed by atoms with van der Waals surface area (Å²) in [5.41, 5.74) is 5.47. The summed E-state index contributed by atoms with van der Waals surface area (Å²) in [6.45, 7) is 1.14. The van der Waals surface area contributed by atoms with Crippen LogP contribution in [0.3, 0.4) is 0 Å². The first kappa shape index (κ1) is 11.8. The van der Waals surface area contributed by atoms with Gasteiger partial charge in [-0.25, -0.2) is 4.68 Å². The zero-order valence-electron chi connectivity index (χ0n) is 9.12. The Kier molecular flexibility index (Phi) is 4.14. The summed E-state index contributed by atoms with van der Waals surface area (Å²) < 4.78 is 1.70. The maximum absolute atomic E-state index is 9.87. The number of nitrogens with two attached hydrogens (primary N) is 1. The summed E-state index contributed by atoms with van der Waals surface area (Å²) >= 11 is 1.57. The zero-order chi connectivity index (χ0) is 11.4. The van der Waals surface area contributed by atoms with Gasteiger partial charge in [0.05, 0.1) is 12.6 Å². The van der Waals surface area contributed by atoms with Gasteiger partial charge in [0.25, 0.3) is 0 Å². The molecule has 3 N–H and O–H groups in total. The van der Waals surface area contributed by atoms with E-state index in [9.17, 15) is 5.11 Å². The third-order valence-corrected chi connectivity index (χ3v) is 4.12. The van der Waals surface area contributed by atoms with Gasteiger partial charge >= 0.3 is 0 Å². The van der Waals surface area contributed by atoms with Gasteiger partial charge in [-0.2, -0.15) is 0 Å². The van der Waals surface area contributed by atoms with E-state index < -0.39 is 0 Å². The van der Waals surface area contributed by atoms with Gasteiger partial charge in [-0.1, -0.05) is 24.6 Å². The van der Waals surface area contributed by atoms with Crippen molar-refractivity contribution in [3.8, 4) is 0 Å². The fraction of sp³-hybridized carbons (Fsp3) is 0.889. The molecule has 0 spiro atoms. The second-order valence-electron chi connectivity index (χ2n) is 3.98. The van der Waals surface area contributed by atoms with Gasteiger partial charge in [0, 0.05) is 11.8 Å². The van der Waals surface area contributed by atoms with E-state index in [1.807, 2.05) is 0 Å². The zero-order valence-corrected chi connectivity index (χ0v) is 9.94. The molecule has 2 unspecified atom stereocenters. The summed E-state index contributed by atoms with van der Waals surface area (Å²) in [4.78, 5) is 0. The van der Waals surface area contributed by atoms with E-state index in [-0.39, 0.29) is 11.4 Å². The van der Waals surface area contributed by atoms with Crippen molar-refractivity contribution in [1.29, 1.82) is 0 Å². The molecule has 1 aliphatic carbocycles. The summed E-state index contributed by atoms with van der Waals surface area (Å²) in [6.07, 6.45) is 3.97.